The van der Waals surface area contributed by atoms with E-state index in [1.54, 1.807) is 14.1 Å². The molecule has 0 aromatic carbocycles. The van der Waals surface area contributed by atoms with E-state index < -0.39 is 0 Å². The van der Waals surface area contributed by atoms with Gasteiger partial charge >= 0.3 is 6.03 Å². The molecule has 0 spiro atoms. The first-order valence-corrected chi connectivity index (χ1v) is 6.04. The fourth-order valence-corrected chi connectivity index (χ4v) is 1.46. The number of anilines is 1. The van der Waals surface area contributed by atoms with E-state index in [0.717, 1.165) is 0 Å². The third-order valence-corrected chi connectivity index (χ3v) is 3.11. The van der Waals surface area contributed by atoms with Crippen molar-refractivity contribution in [1.29, 1.82) is 0 Å². The van der Waals surface area contributed by atoms with E-state index in [-0.39, 0.29) is 6.03 Å². The lowest BCUT2D eigenvalue weighted by Crippen LogP contribution is -2.37. The van der Waals surface area contributed by atoms with Gasteiger partial charge in [-0.2, -0.15) is 0 Å². The Morgan fingerprint density at radius 2 is 2.18 bits per heavy atom. The highest BCUT2D eigenvalue weighted by Gasteiger charge is 2.06. The third-order valence-electron chi connectivity index (χ3n) is 1.85. The zero-order valence-corrected chi connectivity index (χ0v) is 11.8. The Hall–Kier alpha value is -1.08. The molecule has 0 atom stereocenters. The van der Waals surface area contributed by atoms with E-state index in [2.05, 4.69) is 36.5 Å². The van der Waals surface area contributed by atoms with Gasteiger partial charge < -0.3 is 15.5 Å². The van der Waals surface area contributed by atoms with Crippen LogP contribution in [0.15, 0.2) is 10.8 Å². The zero-order chi connectivity index (χ0) is 12.8. The summed E-state index contributed by atoms with van der Waals surface area (Å²) >= 11 is 9.07. The van der Waals surface area contributed by atoms with Gasteiger partial charge in [-0.15, -0.1) is 0 Å². The molecule has 0 aliphatic rings. The largest absolute Gasteiger partial charge is 0.367 e. The van der Waals surface area contributed by atoms with Gasteiger partial charge in [-0.1, -0.05) is 11.6 Å². The van der Waals surface area contributed by atoms with E-state index in [0.29, 0.717) is 28.5 Å². The molecule has 0 aliphatic carbocycles. The van der Waals surface area contributed by atoms with Gasteiger partial charge in [0.1, 0.15) is 17.3 Å². The number of nitrogens with zero attached hydrogens (tertiary/aromatic N) is 3. The van der Waals surface area contributed by atoms with E-state index in [1.165, 1.54) is 11.2 Å². The Bertz CT molecular complexity index is 401. The van der Waals surface area contributed by atoms with Crippen molar-refractivity contribution in [2.45, 2.75) is 0 Å². The van der Waals surface area contributed by atoms with E-state index in [1.807, 2.05) is 0 Å². The molecule has 0 saturated carbocycles. The summed E-state index contributed by atoms with van der Waals surface area (Å²) in [5, 5.41) is 6.10. The molecule has 17 heavy (non-hydrogen) atoms. The number of carbonyl (C=O) groups excluding carboxylic acids is 1. The first-order chi connectivity index (χ1) is 8.02. The van der Waals surface area contributed by atoms with Crippen LogP contribution < -0.4 is 10.6 Å². The summed E-state index contributed by atoms with van der Waals surface area (Å²) in [5.74, 6) is 0.601. The predicted molar refractivity (Wildman–Crippen MR) is 70.3 cm³/mol. The van der Waals surface area contributed by atoms with Crippen LogP contribution in [-0.2, 0) is 0 Å². The fourth-order valence-electron chi connectivity index (χ4n) is 0.980. The van der Waals surface area contributed by atoms with Gasteiger partial charge in [0.15, 0.2) is 0 Å². The van der Waals surface area contributed by atoms with Crippen LogP contribution in [0.1, 0.15) is 0 Å². The minimum absolute atomic E-state index is 0.133. The van der Waals surface area contributed by atoms with Crippen LogP contribution >= 0.6 is 27.5 Å². The van der Waals surface area contributed by atoms with Crippen LogP contribution in [0.25, 0.3) is 0 Å². The molecule has 0 aliphatic heterocycles. The highest BCUT2D eigenvalue weighted by molar-refractivity contribution is 9.10. The molecule has 8 heteroatoms. The van der Waals surface area contributed by atoms with Crippen molar-refractivity contribution in [3.8, 4) is 0 Å². The van der Waals surface area contributed by atoms with Crippen molar-refractivity contribution >= 4 is 39.4 Å². The molecule has 0 bridgehead atoms. The summed E-state index contributed by atoms with van der Waals surface area (Å²) in [6, 6.07) is -0.133. The average Bonchev–Trinajstić information content (AvgIpc) is 2.29. The Kier molecular flexibility index (Phi) is 5.43. The summed E-state index contributed by atoms with van der Waals surface area (Å²) in [4.78, 5) is 20.5. The Labute approximate surface area is 113 Å². The molecule has 0 unspecified atom stereocenters. The van der Waals surface area contributed by atoms with Crippen LogP contribution in [0, 0.1) is 0 Å². The zero-order valence-electron chi connectivity index (χ0n) is 9.50. The molecule has 2 amide bonds. The monoisotopic (exact) mass is 321 g/mol. The second-order valence-corrected chi connectivity index (χ2v) is 4.53. The highest BCUT2D eigenvalue weighted by Crippen LogP contribution is 2.25. The molecule has 2 N–H and O–H groups in total. The fraction of sp³-hybridized carbons (Fsp3) is 0.444. The summed E-state index contributed by atoms with van der Waals surface area (Å²) < 4.78 is 0.612. The highest BCUT2D eigenvalue weighted by atomic mass is 79.9. The maximum atomic E-state index is 11.2. The average molecular weight is 323 g/mol. The number of urea groups is 1. The van der Waals surface area contributed by atoms with Crippen LogP contribution in [0.5, 0.6) is 0 Å². The van der Waals surface area contributed by atoms with Gasteiger partial charge in [0.2, 0.25) is 0 Å². The van der Waals surface area contributed by atoms with Gasteiger partial charge in [-0.05, 0) is 15.9 Å². The smallest absolute Gasteiger partial charge is 0.316 e. The molecular formula is C9H13BrClN5O. The van der Waals surface area contributed by atoms with Crippen molar-refractivity contribution in [1.82, 2.24) is 20.2 Å². The number of hydrogen-bond donors (Lipinski definition) is 2. The Balaban J connectivity index is 2.36. The van der Waals surface area contributed by atoms with Crippen molar-refractivity contribution in [3.05, 3.63) is 16.0 Å². The molecule has 1 rings (SSSR count). The molecular weight excluding hydrogens is 309 g/mol. The maximum absolute atomic E-state index is 11.2. The SMILES string of the molecule is CN(C)C(=O)NCCNc1ncnc(Cl)c1Br. The van der Waals surface area contributed by atoms with Gasteiger partial charge in [0.25, 0.3) is 0 Å². The molecule has 1 heterocycles. The minimum Gasteiger partial charge on any atom is -0.367 e. The summed E-state index contributed by atoms with van der Waals surface area (Å²) in [5.41, 5.74) is 0. The standard InChI is InChI=1S/C9H13BrClN5O/c1-16(2)9(17)13-4-3-12-8-6(10)7(11)14-5-15-8/h5H,3-4H2,1-2H3,(H,13,17)(H,12,14,15). The lowest BCUT2D eigenvalue weighted by atomic mass is 10.5. The van der Waals surface area contributed by atoms with E-state index >= 15 is 0 Å². The summed E-state index contributed by atoms with van der Waals surface area (Å²) in [7, 11) is 3.37. The molecule has 6 nitrogen and oxygen atoms in total. The van der Waals surface area contributed by atoms with E-state index in [9.17, 15) is 4.79 Å². The number of carbonyl (C=O) groups is 1. The number of halogens is 2. The van der Waals surface area contributed by atoms with E-state index in [4.69, 9.17) is 11.6 Å². The summed E-state index contributed by atoms with van der Waals surface area (Å²) in [6.07, 6.45) is 1.37. The number of nitrogens with one attached hydrogen (secondary N) is 2. The molecule has 1 aromatic rings. The van der Waals surface area contributed by atoms with Gasteiger partial charge in [-0.3, -0.25) is 0 Å². The van der Waals surface area contributed by atoms with Crippen LogP contribution in [-0.4, -0.2) is 48.1 Å². The Morgan fingerprint density at radius 1 is 1.47 bits per heavy atom. The molecule has 0 radical (unpaired) electrons. The first-order valence-electron chi connectivity index (χ1n) is 4.87. The quantitative estimate of drug-likeness (QED) is 0.652. The first kappa shape index (κ1) is 14.0. The molecule has 1 aromatic heterocycles. The van der Waals surface area contributed by atoms with Crippen molar-refractivity contribution in [2.75, 3.05) is 32.5 Å². The predicted octanol–water partition coefficient (Wildman–Crippen LogP) is 1.58. The normalized spacial score (nSPS) is 9.88. The second-order valence-electron chi connectivity index (χ2n) is 3.38. The van der Waals surface area contributed by atoms with Crippen LogP contribution in [0.4, 0.5) is 10.6 Å². The third kappa shape index (κ3) is 4.35. The van der Waals surface area contributed by atoms with Crippen LogP contribution in [0.2, 0.25) is 5.15 Å². The molecule has 94 valence electrons. The van der Waals surface area contributed by atoms with Crippen molar-refractivity contribution < 1.29 is 4.79 Å². The second kappa shape index (κ2) is 6.61. The van der Waals surface area contributed by atoms with Gasteiger partial charge in [-0.25, -0.2) is 14.8 Å². The Morgan fingerprint density at radius 3 is 2.82 bits per heavy atom. The van der Waals surface area contributed by atoms with Crippen LogP contribution in [0.3, 0.4) is 0 Å². The maximum Gasteiger partial charge on any atom is 0.316 e. The number of aromatic nitrogens is 2. The lowest BCUT2D eigenvalue weighted by molar-refractivity contribution is 0.218. The van der Waals surface area contributed by atoms with Gasteiger partial charge in [0.05, 0.1) is 4.47 Å². The topological polar surface area (TPSA) is 70.2 Å². The van der Waals surface area contributed by atoms with Gasteiger partial charge in [0, 0.05) is 27.2 Å². The number of hydrogen-bond acceptors (Lipinski definition) is 4. The summed E-state index contributed by atoms with van der Waals surface area (Å²) in [6.45, 7) is 1.04. The van der Waals surface area contributed by atoms with Crippen molar-refractivity contribution in [2.24, 2.45) is 0 Å². The number of amides is 2. The molecule has 0 saturated heterocycles. The lowest BCUT2D eigenvalue weighted by Gasteiger charge is -2.12. The minimum atomic E-state index is -0.133. The molecule has 0 fully saturated rings. The number of rotatable bonds is 4. The van der Waals surface area contributed by atoms with Crippen molar-refractivity contribution in [3.63, 3.8) is 0 Å².